The van der Waals surface area contributed by atoms with Gasteiger partial charge in [-0.1, -0.05) is 199 Å². The number of ether oxygens (including phenoxy) is 4. The van der Waals surface area contributed by atoms with Crippen molar-refractivity contribution in [1.29, 1.82) is 0 Å². The van der Waals surface area contributed by atoms with Crippen LogP contribution in [-0.4, -0.2) is 88.4 Å². The topological polar surface area (TPSA) is 169 Å². The molecule has 0 aromatic heterocycles. The van der Waals surface area contributed by atoms with Crippen molar-refractivity contribution in [2.24, 2.45) is 0 Å². The maximum Gasteiger partial charge on any atom is 0.335 e. The fraction of sp³-hybridized carbons (Fsp3) is 0.863. The van der Waals surface area contributed by atoms with E-state index in [1.807, 2.05) is 0 Å². The van der Waals surface area contributed by atoms with Gasteiger partial charge in [0.1, 0.15) is 24.9 Å². The SMILES string of the molecule is CCCCCC/C=C\C/C=C\CCCCCCCCCC(=O)OCC(COC1OC(C(=O)O)C(O)C(O)C1O)OC(=O)CCCCCCCCCCCCCCCCCCCC. The minimum atomic E-state index is -1.86. The van der Waals surface area contributed by atoms with Crippen molar-refractivity contribution in [3.05, 3.63) is 24.3 Å². The zero-order chi connectivity index (χ0) is 45.3. The molecule has 0 spiro atoms. The number of esters is 2. The van der Waals surface area contributed by atoms with Crippen molar-refractivity contribution in [3.63, 3.8) is 0 Å². The van der Waals surface area contributed by atoms with E-state index in [1.165, 1.54) is 141 Å². The Balaban J connectivity index is 2.31. The van der Waals surface area contributed by atoms with Gasteiger partial charge in [0.15, 0.2) is 18.5 Å². The lowest BCUT2D eigenvalue weighted by molar-refractivity contribution is -0.298. The Morgan fingerprint density at radius 3 is 1.35 bits per heavy atom. The molecule has 11 nitrogen and oxygen atoms in total. The number of aliphatic hydroxyl groups excluding tert-OH is 3. The summed E-state index contributed by atoms with van der Waals surface area (Å²) >= 11 is 0. The van der Waals surface area contributed by atoms with E-state index in [-0.39, 0.29) is 26.1 Å². The molecule has 1 rings (SSSR count). The van der Waals surface area contributed by atoms with Gasteiger partial charge < -0.3 is 39.4 Å². The summed E-state index contributed by atoms with van der Waals surface area (Å²) < 4.78 is 21.8. The molecule has 62 heavy (non-hydrogen) atoms. The molecule has 0 radical (unpaired) electrons. The molecule has 0 bridgehead atoms. The van der Waals surface area contributed by atoms with E-state index >= 15 is 0 Å². The van der Waals surface area contributed by atoms with Crippen molar-refractivity contribution in [2.45, 2.75) is 269 Å². The van der Waals surface area contributed by atoms with Gasteiger partial charge in [-0.3, -0.25) is 9.59 Å². The van der Waals surface area contributed by atoms with E-state index < -0.39 is 54.7 Å². The lowest BCUT2D eigenvalue weighted by Crippen LogP contribution is -2.60. The molecule has 1 aliphatic heterocycles. The molecule has 0 saturated carbocycles. The first-order chi connectivity index (χ1) is 30.2. The monoisotopic (exact) mass is 881 g/mol. The number of hydrogen-bond acceptors (Lipinski definition) is 10. The summed E-state index contributed by atoms with van der Waals surface area (Å²) in [6.07, 6.45) is 37.9. The standard InChI is InChI=1S/C51H92O11/c1-3-5-7-9-11-13-15-17-19-21-23-25-27-29-31-33-35-37-39-44(52)59-41-43(42-60-51-48(56)46(54)47(55)49(62-51)50(57)58)61-45(53)40-38-36-34-32-30-28-26-24-22-20-18-16-14-12-10-8-6-4-2/h13,15,19,21,43,46-49,51,54-56H,3-12,14,16-18,20,22-42H2,1-2H3,(H,57,58)/b15-13-,21-19-. The highest BCUT2D eigenvalue weighted by molar-refractivity contribution is 5.73. The summed E-state index contributed by atoms with van der Waals surface area (Å²) in [6, 6.07) is 0. The molecule has 1 fully saturated rings. The van der Waals surface area contributed by atoms with Crippen LogP contribution in [0.15, 0.2) is 24.3 Å². The number of carboxylic acids is 1. The first-order valence-electron chi connectivity index (χ1n) is 25.4. The fourth-order valence-corrected chi connectivity index (χ4v) is 7.79. The van der Waals surface area contributed by atoms with Gasteiger partial charge in [0.2, 0.25) is 0 Å². The molecule has 11 heteroatoms. The smallest absolute Gasteiger partial charge is 0.335 e. The number of unbranched alkanes of at least 4 members (excludes halogenated alkanes) is 28. The second kappa shape index (κ2) is 41.4. The molecular weight excluding hydrogens is 789 g/mol. The second-order valence-corrected chi connectivity index (χ2v) is 17.7. The Hall–Kier alpha value is -2.31. The quantitative estimate of drug-likeness (QED) is 0.0261. The average molecular weight is 881 g/mol. The van der Waals surface area contributed by atoms with Gasteiger partial charge in [-0.05, 0) is 44.9 Å². The molecule has 6 unspecified atom stereocenters. The van der Waals surface area contributed by atoms with Crippen LogP contribution in [0.25, 0.3) is 0 Å². The molecule has 0 amide bonds. The normalized spacial score (nSPS) is 19.7. The first kappa shape index (κ1) is 57.7. The molecule has 4 N–H and O–H groups in total. The van der Waals surface area contributed by atoms with Gasteiger partial charge in [0.25, 0.3) is 0 Å². The van der Waals surface area contributed by atoms with Crippen LogP contribution in [0, 0.1) is 0 Å². The Labute approximate surface area is 377 Å². The van der Waals surface area contributed by atoms with Crippen LogP contribution in [0.2, 0.25) is 0 Å². The van der Waals surface area contributed by atoms with E-state index in [2.05, 4.69) is 38.2 Å². The number of hydrogen-bond donors (Lipinski definition) is 4. The van der Waals surface area contributed by atoms with Gasteiger partial charge in [-0.15, -0.1) is 0 Å². The highest BCUT2D eigenvalue weighted by Crippen LogP contribution is 2.23. The number of carbonyl (C=O) groups is 3. The largest absolute Gasteiger partial charge is 0.479 e. The number of allylic oxidation sites excluding steroid dienone is 4. The fourth-order valence-electron chi connectivity index (χ4n) is 7.79. The minimum Gasteiger partial charge on any atom is -0.479 e. The first-order valence-corrected chi connectivity index (χ1v) is 25.4. The lowest BCUT2D eigenvalue weighted by atomic mass is 9.99. The van der Waals surface area contributed by atoms with E-state index in [9.17, 15) is 34.8 Å². The van der Waals surface area contributed by atoms with Crippen LogP contribution < -0.4 is 0 Å². The lowest BCUT2D eigenvalue weighted by Gasteiger charge is -2.38. The zero-order valence-electron chi connectivity index (χ0n) is 39.4. The maximum absolute atomic E-state index is 12.8. The number of aliphatic hydroxyl groups is 3. The van der Waals surface area contributed by atoms with Crippen molar-refractivity contribution in [3.8, 4) is 0 Å². The zero-order valence-corrected chi connectivity index (χ0v) is 39.4. The molecule has 0 aliphatic carbocycles. The summed E-state index contributed by atoms with van der Waals surface area (Å²) in [5.41, 5.74) is 0. The third-order valence-corrected chi connectivity index (χ3v) is 11.8. The van der Waals surface area contributed by atoms with Crippen LogP contribution in [0.5, 0.6) is 0 Å². The third-order valence-electron chi connectivity index (χ3n) is 11.8. The van der Waals surface area contributed by atoms with E-state index in [0.29, 0.717) is 12.8 Å². The molecule has 0 aromatic carbocycles. The van der Waals surface area contributed by atoms with Crippen LogP contribution in [0.4, 0.5) is 0 Å². The highest BCUT2D eigenvalue weighted by Gasteiger charge is 2.47. The van der Waals surface area contributed by atoms with Crippen molar-refractivity contribution >= 4 is 17.9 Å². The number of carboxylic acid groups (broad SMARTS) is 1. The van der Waals surface area contributed by atoms with Crippen molar-refractivity contribution in [1.82, 2.24) is 0 Å². The van der Waals surface area contributed by atoms with Crippen LogP contribution in [-0.2, 0) is 33.3 Å². The summed E-state index contributed by atoms with van der Waals surface area (Å²) in [7, 11) is 0. The number of carbonyl (C=O) groups excluding carboxylic acids is 2. The predicted molar refractivity (Wildman–Crippen MR) is 248 cm³/mol. The summed E-state index contributed by atoms with van der Waals surface area (Å²) in [5.74, 6) is -2.44. The summed E-state index contributed by atoms with van der Waals surface area (Å²) in [5, 5.41) is 39.9. The van der Waals surface area contributed by atoms with Crippen LogP contribution >= 0.6 is 0 Å². The molecule has 1 saturated heterocycles. The molecule has 362 valence electrons. The van der Waals surface area contributed by atoms with Crippen LogP contribution in [0.3, 0.4) is 0 Å². The van der Waals surface area contributed by atoms with Crippen molar-refractivity contribution in [2.75, 3.05) is 13.2 Å². The second-order valence-electron chi connectivity index (χ2n) is 17.7. The minimum absolute atomic E-state index is 0.186. The Kier molecular flexibility index (Phi) is 38.5. The van der Waals surface area contributed by atoms with Gasteiger partial charge in [-0.2, -0.15) is 0 Å². The Morgan fingerprint density at radius 1 is 0.500 bits per heavy atom. The average Bonchev–Trinajstić information content (AvgIpc) is 3.26. The van der Waals surface area contributed by atoms with Crippen LogP contribution in [0.1, 0.15) is 232 Å². The number of aliphatic carboxylic acids is 1. The third kappa shape index (κ3) is 32.4. The summed E-state index contributed by atoms with van der Waals surface area (Å²) in [4.78, 5) is 37.0. The molecule has 6 atom stereocenters. The predicted octanol–water partition coefficient (Wildman–Crippen LogP) is 11.8. The van der Waals surface area contributed by atoms with E-state index in [0.717, 1.165) is 51.4 Å². The highest BCUT2D eigenvalue weighted by atomic mass is 16.7. The molecular formula is C51H92O11. The number of rotatable bonds is 43. The Bertz CT molecular complexity index is 1130. The van der Waals surface area contributed by atoms with Gasteiger partial charge in [-0.25, -0.2) is 4.79 Å². The summed E-state index contributed by atoms with van der Waals surface area (Å²) in [6.45, 7) is 3.82. The van der Waals surface area contributed by atoms with E-state index in [4.69, 9.17) is 18.9 Å². The molecule has 1 heterocycles. The van der Waals surface area contributed by atoms with Gasteiger partial charge in [0.05, 0.1) is 6.61 Å². The molecule has 0 aromatic rings. The Morgan fingerprint density at radius 2 is 0.903 bits per heavy atom. The van der Waals surface area contributed by atoms with Gasteiger partial charge >= 0.3 is 17.9 Å². The maximum atomic E-state index is 12.8. The van der Waals surface area contributed by atoms with Gasteiger partial charge in [0, 0.05) is 12.8 Å². The van der Waals surface area contributed by atoms with E-state index in [1.54, 1.807) is 0 Å². The molecule has 1 aliphatic rings. The van der Waals surface area contributed by atoms with Crippen molar-refractivity contribution < 1.29 is 53.8 Å².